The van der Waals surface area contributed by atoms with Gasteiger partial charge in [0.1, 0.15) is 0 Å². The van der Waals surface area contributed by atoms with Crippen LogP contribution in [0, 0.1) is 0 Å². The lowest BCUT2D eigenvalue weighted by Gasteiger charge is -2.23. The normalized spacial score (nSPS) is 12.2. The quantitative estimate of drug-likeness (QED) is 0.871. The topological polar surface area (TPSA) is 29.3 Å². The third kappa shape index (κ3) is 4.10. The Morgan fingerprint density at radius 2 is 1.65 bits per heavy atom. The van der Waals surface area contributed by atoms with Crippen molar-refractivity contribution in [2.75, 3.05) is 18.5 Å². The highest BCUT2D eigenvalue weighted by Crippen LogP contribution is 2.20. The number of likely N-dealkylation sites (N-methyl/N-ethyl adjacent to an activating group) is 1. The third-order valence-electron chi connectivity index (χ3n) is 3.52. The fourth-order valence-corrected chi connectivity index (χ4v) is 2.46. The summed E-state index contributed by atoms with van der Waals surface area (Å²) >= 11 is 0. The molecule has 0 aliphatic carbocycles. The van der Waals surface area contributed by atoms with Crippen molar-refractivity contribution in [2.24, 2.45) is 5.73 Å². The van der Waals surface area contributed by atoms with Crippen LogP contribution in [0.3, 0.4) is 0 Å². The maximum absolute atomic E-state index is 5.94. The monoisotopic (exact) mass is 268 g/mol. The number of nitrogens with two attached hydrogens (primary N) is 1. The Hall–Kier alpha value is -1.80. The van der Waals surface area contributed by atoms with E-state index < -0.39 is 0 Å². The number of nitrogens with zero attached hydrogens (tertiary/aromatic N) is 1. The molecule has 1 unspecified atom stereocenters. The van der Waals surface area contributed by atoms with E-state index in [-0.39, 0.29) is 6.04 Å². The van der Waals surface area contributed by atoms with Gasteiger partial charge in [0.15, 0.2) is 0 Å². The second-order valence-corrected chi connectivity index (χ2v) is 5.47. The van der Waals surface area contributed by atoms with Gasteiger partial charge >= 0.3 is 0 Å². The molecule has 2 aromatic carbocycles. The van der Waals surface area contributed by atoms with Crippen LogP contribution in [0.4, 0.5) is 5.69 Å². The van der Waals surface area contributed by atoms with Crippen molar-refractivity contribution in [3.8, 4) is 0 Å². The maximum Gasteiger partial charge on any atom is 0.0396 e. The summed E-state index contributed by atoms with van der Waals surface area (Å²) in [5.74, 6) is 0. The van der Waals surface area contributed by atoms with E-state index in [1.165, 1.54) is 16.8 Å². The van der Waals surface area contributed by atoms with Crippen molar-refractivity contribution in [3.05, 3.63) is 65.7 Å². The second-order valence-electron chi connectivity index (χ2n) is 5.47. The molecule has 2 rings (SSSR count). The lowest BCUT2D eigenvalue weighted by atomic mass is 10.0. The molecule has 0 aromatic heterocycles. The molecule has 2 heteroatoms. The van der Waals surface area contributed by atoms with Gasteiger partial charge in [-0.2, -0.15) is 0 Å². The van der Waals surface area contributed by atoms with Gasteiger partial charge in [0, 0.05) is 25.3 Å². The standard InChI is InChI=1S/C18H24N2/c1-15(19)14-17-10-6-7-11-18(17)20(2)13-12-16-8-4-3-5-9-16/h3-11,15H,12-14,19H2,1-2H3. The zero-order chi connectivity index (χ0) is 14.4. The molecule has 0 saturated heterocycles. The Morgan fingerprint density at radius 1 is 1.00 bits per heavy atom. The molecule has 0 saturated carbocycles. The Bertz CT molecular complexity index is 520. The summed E-state index contributed by atoms with van der Waals surface area (Å²) in [4.78, 5) is 2.32. The van der Waals surface area contributed by atoms with Crippen LogP contribution < -0.4 is 10.6 Å². The SMILES string of the molecule is CC(N)Cc1ccccc1N(C)CCc1ccccc1. The van der Waals surface area contributed by atoms with E-state index >= 15 is 0 Å². The highest BCUT2D eigenvalue weighted by atomic mass is 15.1. The molecule has 0 radical (unpaired) electrons. The molecule has 0 heterocycles. The van der Waals surface area contributed by atoms with Crippen LogP contribution in [0.1, 0.15) is 18.1 Å². The molecule has 0 amide bonds. The maximum atomic E-state index is 5.94. The van der Waals surface area contributed by atoms with Crippen molar-refractivity contribution < 1.29 is 0 Å². The van der Waals surface area contributed by atoms with Gasteiger partial charge < -0.3 is 10.6 Å². The van der Waals surface area contributed by atoms with Crippen molar-refractivity contribution >= 4 is 5.69 Å². The van der Waals surface area contributed by atoms with Crippen LogP contribution in [0.2, 0.25) is 0 Å². The molecule has 2 nitrogen and oxygen atoms in total. The molecule has 0 aliphatic rings. The van der Waals surface area contributed by atoms with Crippen LogP contribution in [-0.4, -0.2) is 19.6 Å². The average Bonchev–Trinajstić information content (AvgIpc) is 2.46. The summed E-state index contributed by atoms with van der Waals surface area (Å²) in [6.45, 7) is 3.07. The van der Waals surface area contributed by atoms with Crippen LogP contribution in [0.25, 0.3) is 0 Å². The molecule has 106 valence electrons. The Morgan fingerprint density at radius 3 is 2.35 bits per heavy atom. The van der Waals surface area contributed by atoms with E-state index in [2.05, 4.69) is 73.5 Å². The first-order valence-corrected chi connectivity index (χ1v) is 7.25. The van der Waals surface area contributed by atoms with Gasteiger partial charge in [-0.3, -0.25) is 0 Å². The first-order chi connectivity index (χ1) is 9.66. The highest BCUT2D eigenvalue weighted by molar-refractivity contribution is 5.53. The number of anilines is 1. The summed E-state index contributed by atoms with van der Waals surface area (Å²) < 4.78 is 0. The molecule has 0 spiro atoms. The fourth-order valence-electron chi connectivity index (χ4n) is 2.46. The molecule has 0 aliphatic heterocycles. The minimum Gasteiger partial charge on any atom is -0.374 e. The van der Waals surface area contributed by atoms with E-state index in [1.807, 2.05) is 0 Å². The van der Waals surface area contributed by atoms with Crippen molar-refractivity contribution in [2.45, 2.75) is 25.8 Å². The Balaban J connectivity index is 2.03. The predicted octanol–water partition coefficient (Wildman–Crippen LogP) is 3.26. The van der Waals surface area contributed by atoms with E-state index in [0.717, 1.165) is 19.4 Å². The molecule has 0 bridgehead atoms. The van der Waals surface area contributed by atoms with Crippen molar-refractivity contribution in [1.29, 1.82) is 0 Å². The molecular weight excluding hydrogens is 244 g/mol. The van der Waals surface area contributed by atoms with Crippen molar-refractivity contribution in [1.82, 2.24) is 0 Å². The average molecular weight is 268 g/mol. The number of benzene rings is 2. The van der Waals surface area contributed by atoms with E-state index in [0.29, 0.717) is 0 Å². The van der Waals surface area contributed by atoms with Gasteiger partial charge in [0.2, 0.25) is 0 Å². The molecule has 2 aromatic rings. The van der Waals surface area contributed by atoms with Crippen LogP contribution >= 0.6 is 0 Å². The minimum atomic E-state index is 0.193. The minimum absolute atomic E-state index is 0.193. The van der Waals surface area contributed by atoms with Gasteiger partial charge in [-0.25, -0.2) is 0 Å². The van der Waals surface area contributed by atoms with E-state index in [4.69, 9.17) is 5.73 Å². The van der Waals surface area contributed by atoms with Crippen molar-refractivity contribution in [3.63, 3.8) is 0 Å². The largest absolute Gasteiger partial charge is 0.374 e. The zero-order valence-electron chi connectivity index (χ0n) is 12.4. The smallest absolute Gasteiger partial charge is 0.0396 e. The summed E-state index contributed by atoms with van der Waals surface area (Å²) in [6.07, 6.45) is 1.98. The number of hydrogen-bond acceptors (Lipinski definition) is 2. The number of para-hydroxylation sites is 1. The lowest BCUT2D eigenvalue weighted by Crippen LogP contribution is -2.24. The van der Waals surface area contributed by atoms with Crippen LogP contribution in [-0.2, 0) is 12.8 Å². The van der Waals surface area contributed by atoms with Crippen LogP contribution in [0.5, 0.6) is 0 Å². The van der Waals surface area contributed by atoms with Gasteiger partial charge in [-0.05, 0) is 37.0 Å². The fraction of sp³-hybridized carbons (Fsp3) is 0.333. The molecular formula is C18H24N2. The van der Waals surface area contributed by atoms with E-state index in [9.17, 15) is 0 Å². The molecule has 1 atom stereocenters. The van der Waals surface area contributed by atoms with Gasteiger partial charge in [0.25, 0.3) is 0 Å². The third-order valence-corrected chi connectivity index (χ3v) is 3.52. The summed E-state index contributed by atoms with van der Waals surface area (Å²) in [5, 5.41) is 0. The predicted molar refractivity (Wildman–Crippen MR) is 87.2 cm³/mol. The number of hydrogen-bond donors (Lipinski definition) is 1. The lowest BCUT2D eigenvalue weighted by molar-refractivity contribution is 0.733. The van der Waals surface area contributed by atoms with Gasteiger partial charge in [0.05, 0.1) is 0 Å². The molecule has 20 heavy (non-hydrogen) atoms. The molecule has 0 fully saturated rings. The van der Waals surface area contributed by atoms with Crippen LogP contribution in [0.15, 0.2) is 54.6 Å². The summed E-state index contributed by atoms with van der Waals surface area (Å²) in [5.41, 5.74) is 9.94. The Kier molecular flexibility index (Phi) is 5.19. The Labute approximate surface area is 122 Å². The number of rotatable bonds is 6. The summed E-state index contributed by atoms with van der Waals surface area (Å²) in [6, 6.07) is 19.4. The van der Waals surface area contributed by atoms with E-state index in [1.54, 1.807) is 0 Å². The van der Waals surface area contributed by atoms with Gasteiger partial charge in [-0.1, -0.05) is 48.5 Å². The second kappa shape index (κ2) is 7.11. The zero-order valence-corrected chi connectivity index (χ0v) is 12.4. The first-order valence-electron chi connectivity index (χ1n) is 7.25. The summed E-state index contributed by atoms with van der Waals surface area (Å²) in [7, 11) is 2.16. The van der Waals surface area contributed by atoms with Gasteiger partial charge in [-0.15, -0.1) is 0 Å². The first kappa shape index (κ1) is 14.6. The highest BCUT2D eigenvalue weighted by Gasteiger charge is 2.08. The molecule has 2 N–H and O–H groups in total.